The van der Waals surface area contributed by atoms with Gasteiger partial charge in [0.15, 0.2) is 0 Å². The van der Waals surface area contributed by atoms with Crippen LogP contribution in [0.3, 0.4) is 0 Å². The molecule has 1 aromatic carbocycles. The molecule has 3 heterocycles. The van der Waals surface area contributed by atoms with Crippen LogP contribution in [0.1, 0.15) is 51.5 Å². The third kappa shape index (κ3) is 4.52. The highest BCUT2D eigenvalue weighted by Gasteiger charge is 2.40. The highest BCUT2D eigenvalue weighted by Crippen LogP contribution is 2.45. The highest BCUT2D eigenvalue weighted by molar-refractivity contribution is 7.99. The molecule has 5 heteroatoms. The second kappa shape index (κ2) is 7.41. The van der Waals surface area contributed by atoms with Crippen LogP contribution in [0.5, 0.6) is 0 Å². The molecule has 0 amide bonds. The van der Waals surface area contributed by atoms with E-state index < -0.39 is 0 Å². The van der Waals surface area contributed by atoms with Gasteiger partial charge in [0.2, 0.25) is 0 Å². The Labute approximate surface area is 171 Å². The van der Waals surface area contributed by atoms with Gasteiger partial charge in [-0.3, -0.25) is 0 Å². The molecular weight excluding hydrogens is 372 g/mol. The molecule has 27 heavy (non-hydrogen) atoms. The first-order chi connectivity index (χ1) is 12.8. The van der Waals surface area contributed by atoms with Crippen LogP contribution in [0.15, 0.2) is 30.5 Å². The number of hydrogen-bond acceptors (Lipinski definition) is 5. The number of benzene rings is 1. The fourth-order valence-corrected chi connectivity index (χ4v) is 6.46. The standard InChI is InChI=1S/C22H30N2OS2/c1-21(2)13-17(14-22(3,4)25-21)20-23-15-19(27-20)16-5-7-18(8-6-16)24-9-11-26-12-10-24/h5-8,15,17H,9-14H2,1-4H3. The van der Waals surface area contributed by atoms with E-state index in [1.54, 1.807) is 0 Å². The first-order valence-electron chi connectivity index (χ1n) is 9.90. The van der Waals surface area contributed by atoms with Crippen LogP contribution in [0.25, 0.3) is 10.4 Å². The molecule has 0 atom stereocenters. The van der Waals surface area contributed by atoms with E-state index in [1.165, 1.54) is 32.6 Å². The lowest BCUT2D eigenvalue weighted by atomic mass is 9.81. The third-order valence-corrected chi connectivity index (χ3v) is 7.58. The normalized spacial score (nSPS) is 22.7. The van der Waals surface area contributed by atoms with Gasteiger partial charge in [0.25, 0.3) is 0 Å². The average molecular weight is 403 g/mol. The molecule has 0 N–H and O–H groups in total. The average Bonchev–Trinajstić information content (AvgIpc) is 3.10. The molecule has 0 aliphatic carbocycles. The molecule has 146 valence electrons. The molecule has 0 bridgehead atoms. The summed E-state index contributed by atoms with van der Waals surface area (Å²) in [4.78, 5) is 8.57. The molecular formula is C22H30N2OS2. The SMILES string of the molecule is CC1(C)CC(c2ncc(-c3ccc(N4CCSCC4)cc3)s2)CC(C)(C)O1. The zero-order valence-electron chi connectivity index (χ0n) is 16.8. The van der Waals surface area contributed by atoms with E-state index in [-0.39, 0.29) is 11.2 Å². The molecule has 2 aliphatic rings. The van der Waals surface area contributed by atoms with Crippen LogP contribution in [0.2, 0.25) is 0 Å². The number of hydrogen-bond donors (Lipinski definition) is 0. The van der Waals surface area contributed by atoms with Gasteiger partial charge in [-0.1, -0.05) is 12.1 Å². The van der Waals surface area contributed by atoms with Crippen LogP contribution in [0, 0.1) is 0 Å². The largest absolute Gasteiger partial charge is 0.370 e. The van der Waals surface area contributed by atoms with Gasteiger partial charge in [0, 0.05) is 42.4 Å². The number of aromatic nitrogens is 1. The molecule has 0 spiro atoms. The number of rotatable bonds is 3. The molecule has 3 nitrogen and oxygen atoms in total. The van der Waals surface area contributed by atoms with Crippen molar-refractivity contribution < 1.29 is 4.74 Å². The summed E-state index contributed by atoms with van der Waals surface area (Å²) < 4.78 is 6.25. The van der Waals surface area contributed by atoms with Crippen molar-refractivity contribution in [2.24, 2.45) is 0 Å². The van der Waals surface area contributed by atoms with Crippen molar-refractivity contribution in [2.45, 2.75) is 57.7 Å². The Hall–Kier alpha value is -1.04. The van der Waals surface area contributed by atoms with Crippen molar-refractivity contribution in [1.29, 1.82) is 0 Å². The molecule has 0 radical (unpaired) electrons. The summed E-state index contributed by atoms with van der Waals surface area (Å²) in [6.45, 7) is 11.1. The zero-order valence-corrected chi connectivity index (χ0v) is 18.5. The predicted octanol–water partition coefficient (Wildman–Crippen LogP) is 5.81. The predicted molar refractivity (Wildman–Crippen MR) is 118 cm³/mol. The summed E-state index contributed by atoms with van der Waals surface area (Å²) in [7, 11) is 0. The van der Waals surface area contributed by atoms with Crippen LogP contribution in [0.4, 0.5) is 5.69 Å². The lowest BCUT2D eigenvalue weighted by molar-refractivity contribution is -0.161. The monoisotopic (exact) mass is 402 g/mol. The lowest BCUT2D eigenvalue weighted by Gasteiger charge is -2.44. The maximum Gasteiger partial charge on any atom is 0.0964 e. The minimum absolute atomic E-state index is 0.0906. The summed E-state index contributed by atoms with van der Waals surface area (Å²) in [6, 6.07) is 9.05. The Kier molecular flexibility index (Phi) is 5.30. The zero-order chi connectivity index (χ0) is 19.1. The Morgan fingerprint density at radius 3 is 2.26 bits per heavy atom. The van der Waals surface area contributed by atoms with Gasteiger partial charge < -0.3 is 9.64 Å². The van der Waals surface area contributed by atoms with E-state index in [2.05, 4.69) is 74.8 Å². The minimum Gasteiger partial charge on any atom is -0.370 e. The second-order valence-electron chi connectivity index (χ2n) is 8.94. The van der Waals surface area contributed by atoms with Crippen molar-refractivity contribution >= 4 is 28.8 Å². The van der Waals surface area contributed by atoms with Crippen LogP contribution in [-0.2, 0) is 4.74 Å². The Bertz CT molecular complexity index is 760. The summed E-state index contributed by atoms with van der Waals surface area (Å²) in [5.41, 5.74) is 2.44. The van der Waals surface area contributed by atoms with Gasteiger partial charge in [-0.2, -0.15) is 11.8 Å². The van der Waals surface area contributed by atoms with Crippen LogP contribution < -0.4 is 4.90 Å². The van der Waals surface area contributed by atoms with Crippen molar-refractivity contribution in [1.82, 2.24) is 4.98 Å². The maximum atomic E-state index is 6.25. The first-order valence-corrected chi connectivity index (χ1v) is 11.9. The van der Waals surface area contributed by atoms with Gasteiger partial charge in [-0.05, 0) is 58.2 Å². The van der Waals surface area contributed by atoms with Crippen molar-refractivity contribution in [3.05, 3.63) is 35.5 Å². The van der Waals surface area contributed by atoms with Crippen molar-refractivity contribution in [2.75, 3.05) is 29.5 Å². The van der Waals surface area contributed by atoms with Gasteiger partial charge in [-0.25, -0.2) is 4.98 Å². The molecule has 0 saturated carbocycles. The van der Waals surface area contributed by atoms with E-state index in [0.29, 0.717) is 5.92 Å². The minimum atomic E-state index is -0.0906. The van der Waals surface area contributed by atoms with E-state index >= 15 is 0 Å². The molecule has 2 saturated heterocycles. The number of thioether (sulfide) groups is 1. The molecule has 1 aromatic heterocycles. The number of anilines is 1. The topological polar surface area (TPSA) is 25.4 Å². The van der Waals surface area contributed by atoms with E-state index in [4.69, 9.17) is 9.72 Å². The maximum absolute atomic E-state index is 6.25. The van der Waals surface area contributed by atoms with Crippen LogP contribution >= 0.6 is 23.1 Å². The van der Waals surface area contributed by atoms with E-state index in [1.807, 2.05) is 11.3 Å². The highest BCUT2D eigenvalue weighted by atomic mass is 32.2. The van der Waals surface area contributed by atoms with Gasteiger partial charge in [0.1, 0.15) is 0 Å². The summed E-state index contributed by atoms with van der Waals surface area (Å²) >= 11 is 3.90. The summed E-state index contributed by atoms with van der Waals surface area (Å²) in [6.07, 6.45) is 4.13. The van der Waals surface area contributed by atoms with E-state index in [0.717, 1.165) is 25.9 Å². The fraction of sp³-hybridized carbons (Fsp3) is 0.591. The molecule has 4 rings (SSSR count). The molecule has 0 unspecified atom stereocenters. The van der Waals surface area contributed by atoms with Gasteiger partial charge in [-0.15, -0.1) is 11.3 Å². The summed E-state index contributed by atoms with van der Waals surface area (Å²) in [5, 5.41) is 1.26. The summed E-state index contributed by atoms with van der Waals surface area (Å²) in [5.74, 6) is 2.95. The van der Waals surface area contributed by atoms with E-state index in [9.17, 15) is 0 Å². The Morgan fingerprint density at radius 1 is 1.00 bits per heavy atom. The Morgan fingerprint density at radius 2 is 1.63 bits per heavy atom. The Balaban J connectivity index is 1.50. The lowest BCUT2D eigenvalue weighted by Crippen LogP contribution is -2.44. The fourth-order valence-electron chi connectivity index (χ4n) is 4.53. The van der Waals surface area contributed by atoms with Gasteiger partial charge >= 0.3 is 0 Å². The molecule has 2 fully saturated rings. The van der Waals surface area contributed by atoms with Crippen molar-refractivity contribution in [3.63, 3.8) is 0 Å². The molecule has 2 aliphatic heterocycles. The smallest absolute Gasteiger partial charge is 0.0964 e. The number of nitrogens with zero attached hydrogens (tertiary/aromatic N) is 2. The first kappa shape index (κ1) is 19.3. The quantitative estimate of drug-likeness (QED) is 0.646. The van der Waals surface area contributed by atoms with Crippen LogP contribution in [-0.4, -0.2) is 40.8 Å². The number of thiazole rings is 1. The van der Waals surface area contributed by atoms with Crippen molar-refractivity contribution in [3.8, 4) is 10.4 Å². The van der Waals surface area contributed by atoms with Gasteiger partial charge in [0.05, 0.1) is 21.1 Å². The third-order valence-electron chi connectivity index (χ3n) is 5.43. The molecule has 2 aromatic rings. The number of ether oxygens (including phenoxy) is 1. The second-order valence-corrected chi connectivity index (χ2v) is 11.2.